The van der Waals surface area contributed by atoms with Crippen LogP contribution in [0.15, 0.2) is 0 Å². The minimum absolute atomic E-state index is 0.0976. The Labute approximate surface area is 117 Å². The molecular weight excluding hydrogens is 242 g/mol. The third-order valence-corrected chi connectivity index (χ3v) is 3.40. The number of nitrogens with one attached hydrogen (secondary N) is 1. The molecule has 0 saturated carbocycles. The van der Waals surface area contributed by atoms with E-state index in [-0.39, 0.29) is 11.8 Å². The van der Waals surface area contributed by atoms with Gasteiger partial charge in [0.25, 0.3) is 0 Å². The lowest BCUT2D eigenvalue weighted by Gasteiger charge is -2.17. The molecule has 0 fully saturated rings. The summed E-state index contributed by atoms with van der Waals surface area (Å²) in [5.74, 6) is -1.15. The zero-order valence-corrected chi connectivity index (χ0v) is 12.6. The smallest absolute Gasteiger partial charge is 0.326 e. The van der Waals surface area contributed by atoms with Gasteiger partial charge in [-0.1, -0.05) is 59.3 Å². The average molecular weight is 271 g/mol. The monoisotopic (exact) mass is 271 g/mol. The Morgan fingerprint density at radius 1 is 1.00 bits per heavy atom. The van der Waals surface area contributed by atoms with Gasteiger partial charge >= 0.3 is 5.97 Å². The summed E-state index contributed by atoms with van der Waals surface area (Å²) in [6, 6.07) is -0.729. The van der Waals surface area contributed by atoms with Crippen LogP contribution in [-0.4, -0.2) is 23.0 Å². The highest BCUT2D eigenvalue weighted by molar-refractivity contribution is 5.84. The van der Waals surface area contributed by atoms with Crippen molar-refractivity contribution in [3.05, 3.63) is 0 Å². The van der Waals surface area contributed by atoms with Crippen molar-refractivity contribution in [2.75, 3.05) is 0 Å². The van der Waals surface area contributed by atoms with Gasteiger partial charge in [0, 0.05) is 5.92 Å². The van der Waals surface area contributed by atoms with Crippen LogP contribution in [-0.2, 0) is 9.59 Å². The molecule has 0 heterocycles. The molecule has 2 N–H and O–H groups in total. The predicted octanol–water partition coefficient (Wildman–Crippen LogP) is 3.35. The van der Waals surface area contributed by atoms with Gasteiger partial charge in [0.1, 0.15) is 6.04 Å². The second kappa shape index (κ2) is 10.8. The number of carboxylic acid groups (broad SMARTS) is 1. The van der Waals surface area contributed by atoms with Gasteiger partial charge in [0.15, 0.2) is 0 Å². The minimum Gasteiger partial charge on any atom is -0.480 e. The van der Waals surface area contributed by atoms with Crippen LogP contribution in [0, 0.1) is 5.92 Å². The normalized spacial score (nSPS) is 13.8. The average Bonchev–Trinajstić information content (AvgIpc) is 2.37. The molecule has 0 rings (SSSR count). The third kappa shape index (κ3) is 8.62. The molecule has 0 bridgehead atoms. The molecule has 0 aromatic heterocycles. The van der Waals surface area contributed by atoms with E-state index in [0.717, 1.165) is 44.9 Å². The number of hydrogen-bond acceptors (Lipinski definition) is 2. The number of carboxylic acids is 1. The minimum atomic E-state index is -0.926. The molecule has 2 atom stereocenters. The Morgan fingerprint density at radius 3 is 2.00 bits per heavy atom. The second-order valence-corrected chi connectivity index (χ2v) is 5.29. The summed E-state index contributed by atoms with van der Waals surface area (Å²) in [4.78, 5) is 23.0. The summed E-state index contributed by atoms with van der Waals surface area (Å²) >= 11 is 0. The van der Waals surface area contributed by atoms with Crippen LogP contribution < -0.4 is 5.32 Å². The molecule has 0 aromatic rings. The largest absolute Gasteiger partial charge is 0.480 e. The van der Waals surface area contributed by atoms with Crippen molar-refractivity contribution in [2.45, 2.75) is 78.2 Å². The first-order valence-corrected chi connectivity index (χ1v) is 7.56. The van der Waals surface area contributed by atoms with Gasteiger partial charge in [0.2, 0.25) is 5.91 Å². The Bertz CT molecular complexity index is 266. The Morgan fingerprint density at radius 2 is 1.53 bits per heavy atom. The van der Waals surface area contributed by atoms with E-state index in [2.05, 4.69) is 19.2 Å². The molecule has 19 heavy (non-hydrogen) atoms. The van der Waals surface area contributed by atoms with E-state index in [1.165, 1.54) is 0 Å². The number of carbonyl (C=O) groups is 2. The predicted molar refractivity (Wildman–Crippen MR) is 77.0 cm³/mol. The third-order valence-electron chi connectivity index (χ3n) is 3.40. The molecule has 0 aliphatic rings. The molecule has 0 aromatic carbocycles. The Hall–Kier alpha value is -1.06. The maximum absolute atomic E-state index is 11.9. The van der Waals surface area contributed by atoms with Crippen molar-refractivity contribution in [3.63, 3.8) is 0 Å². The van der Waals surface area contributed by atoms with Gasteiger partial charge in [-0.25, -0.2) is 4.79 Å². The van der Waals surface area contributed by atoms with Gasteiger partial charge in [-0.3, -0.25) is 4.79 Å². The van der Waals surface area contributed by atoms with E-state index in [9.17, 15) is 9.59 Å². The molecule has 4 nitrogen and oxygen atoms in total. The standard InChI is InChI=1S/C15H29NO3/c1-4-6-8-10-12(3)14(17)16-13(15(18)19)11-9-7-5-2/h12-13H,4-11H2,1-3H3,(H,16,17)(H,18,19). The molecule has 0 aliphatic carbocycles. The van der Waals surface area contributed by atoms with Gasteiger partial charge in [-0.2, -0.15) is 0 Å². The summed E-state index contributed by atoms with van der Waals surface area (Å²) in [6.45, 7) is 6.07. The Balaban J connectivity index is 4.11. The maximum atomic E-state index is 11.9. The number of unbranched alkanes of at least 4 members (excludes halogenated alkanes) is 4. The number of aliphatic carboxylic acids is 1. The van der Waals surface area contributed by atoms with E-state index in [1.54, 1.807) is 0 Å². The van der Waals surface area contributed by atoms with Crippen LogP contribution >= 0.6 is 0 Å². The highest BCUT2D eigenvalue weighted by atomic mass is 16.4. The zero-order chi connectivity index (χ0) is 14.7. The summed E-state index contributed by atoms with van der Waals surface area (Å²) in [7, 11) is 0. The zero-order valence-electron chi connectivity index (χ0n) is 12.6. The molecule has 2 unspecified atom stereocenters. The number of rotatable bonds is 11. The van der Waals surface area contributed by atoms with Crippen LogP contribution in [0.5, 0.6) is 0 Å². The summed E-state index contributed by atoms with van der Waals surface area (Å²) in [5, 5.41) is 11.8. The van der Waals surface area contributed by atoms with Crippen LogP contribution in [0.4, 0.5) is 0 Å². The first-order chi connectivity index (χ1) is 9.02. The molecule has 1 amide bonds. The first-order valence-electron chi connectivity index (χ1n) is 7.56. The Kier molecular flexibility index (Phi) is 10.2. The number of carbonyl (C=O) groups excluding carboxylic acids is 1. The SMILES string of the molecule is CCCCCC(C)C(=O)NC(CCCCC)C(=O)O. The summed E-state index contributed by atoms with van der Waals surface area (Å²) in [5.41, 5.74) is 0. The van der Waals surface area contributed by atoms with Gasteiger partial charge < -0.3 is 10.4 Å². The van der Waals surface area contributed by atoms with E-state index in [1.807, 2.05) is 6.92 Å². The lowest BCUT2D eigenvalue weighted by atomic mass is 10.0. The van der Waals surface area contributed by atoms with Crippen molar-refractivity contribution in [1.29, 1.82) is 0 Å². The maximum Gasteiger partial charge on any atom is 0.326 e. The molecule has 112 valence electrons. The van der Waals surface area contributed by atoms with Crippen molar-refractivity contribution in [3.8, 4) is 0 Å². The molecule has 0 radical (unpaired) electrons. The van der Waals surface area contributed by atoms with E-state index in [0.29, 0.717) is 6.42 Å². The van der Waals surface area contributed by atoms with Crippen molar-refractivity contribution in [1.82, 2.24) is 5.32 Å². The fourth-order valence-corrected chi connectivity index (χ4v) is 2.00. The molecular formula is C15H29NO3. The van der Waals surface area contributed by atoms with E-state index >= 15 is 0 Å². The van der Waals surface area contributed by atoms with Gasteiger partial charge in [0.05, 0.1) is 0 Å². The van der Waals surface area contributed by atoms with Crippen LogP contribution in [0.1, 0.15) is 72.1 Å². The highest BCUT2D eigenvalue weighted by Crippen LogP contribution is 2.11. The summed E-state index contributed by atoms with van der Waals surface area (Å²) in [6.07, 6.45) is 7.53. The second-order valence-electron chi connectivity index (χ2n) is 5.29. The topological polar surface area (TPSA) is 66.4 Å². The number of hydrogen-bond donors (Lipinski definition) is 2. The van der Waals surface area contributed by atoms with Crippen molar-refractivity contribution in [2.24, 2.45) is 5.92 Å². The molecule has 4 heteroatoms. The van der Waals surface area contributed by atoms with Crippen molar-refractivity contribution < 1.29 is 14.7 Å². The first kappa shape index (κ1) is 17.9. The molecule has 0 saturated heterocycles. The van der Waals surface area contributed by atoms with Crippen LogP contribution in [0.25, 0.3) is 0 Å². The van der Waals surface area contributed by atoms with Gasteiger partial charge in [-0.15, -0.1) is 0 Å². The van der Waals surface area contributed by atoms with Crippen LogP contribution in [0.3, 0.4) is 0 Å². The van der Waals surface area contributed by atoms with E-state index < -0.39 is 12.0 Å². The number of amides is 1. The molecule has 0 spiro atoms. The lowest BCUT2D eigenvalue weighted by molar-refractivity contribution is -0.142. The van der Waals surface area contributed by atoms with E-state index in [4.69, 9.17) is 5.11 Å². The quantitative estimate of drug-likeness (QED) is 0.566. The fraction of sp³-hybridized carbons (Fsp3) is 0.867. The van der Waals surface area contributed by atoms with Gasteiger partial charge in [-0.05, 0) is 12.8 Å². The fourth-order valence-electron chi connectivity index (χ4n) is 2.00. The molecule has 0 aliphatic heterocycles. The summed E-state index contributed by atoms with van der Waals surface area (Å²) < 4.78 is 0. The highest BCUT2D eigenvalue weighted by Gasteiger charge is 2.22. The van der Waals surface area contributed by atoms with Crippen molar-refractivity contribution >= 4 is 11.9 Å². The lowest BCUT2D eigenvalue weighted by Crippen LogP contribution is -2.43. The van der Waals surface area contributed by atoms with Crippen LogP contribution in [0.2, 0.25) is 0 Å².